The van der Waals surface area contributed by atoms with Crippen molar-refractivity contribution in [3.63, 3.8) is 0 Å². The van der Waals surface area contributed by atoms with Crippen molar-refractivity contribution in [1.82, 2.24) is 14.8 Å². The van der Waals surface area contributed by atoms with Gasteiger partial charge in [0.2, 0.25) is 0 Å². The highest BCUT2D eigenvalue weighted by atomic mass is 15.3. The molecule has 0 aliphatic heterocycles. The van der Waals surface area contributed by atoms with E-state index in [4.69, 9.17) is 5.73 Å². The van der Waals surface area contributed by atoms with Gasteiger partial charge in [-0.05, 0) is 19.3 Å². The molecule has 1 aromatic rings. The Bertz CT molecular complexity index is 318. The van der Waals surface area contributed by atoms with Crippen molar-refractivity contribution >= 4 is 0 Å². The van der Waals surface area contributed by atoms with Crippen LogP contribution in [0.4, 0.5) is 0 Å². The van der Waals surface area contributed by atoms with Crippen molar-refractivity contribution in [3.05, 3.63) is 11.6 Å². The summed E-state index contributed by atoms with van der Waals surface area (Å²) in [6.45, 7) is 2.08. The van der Waals surface area contributed by atoms with Crippen molar-refractivity contribution in [2.45, 2.75) is 44.6 Å². The highest BCUT2D eigenvalue weighted by Gasteiger charge is 2.26. The maximum absolute atomic E-state index is 5.89. The van der Waals surface area contributed by atoms with Gasteiger partial charge in [-0.2, -0.15) is 5.10 Å². The minimum atomic E-state index is 0.363. The first-order valence-electron chi connectivity index (χ1n) is 5.36. The van der Waals surface area contributed by atoms with E-state index in [1.165, 1.54) is 0 Å². The molecule has 0 radical (unpaired) electrons. The van der Waals surface area contributed by atoms with Gasteiger partial charge in [-0.15, -0.1) is 0 Å². The van der Waals surface area contributed by atoms with Crippen LogP contribution in [-0.2, 0) is 13.5 Å². The molecule has 1 aromatic heterocycles. The van der Waals surface area contributed by atoms with Gasteiger partial charge in [0.15, 0.2) is 5.82 Å². The molecule has 14 heavy (non-hydrogen) atoms. The van der Waals surface area contributed by atoms with Gasteiger partial charge in [-0.1, -0.05) is 6.92 Å². The summed E-state index contributed by atoms with van der Waals surface area (Å²) in [5.74, 6) is 2.60. The van der Waals surface area contributed by atoms with E-state index in [9.17, 15) is 0 Å². The predicted molar refractivity (Wildman–Crippen MR) is 54.9 cm³/mol. The van der Waals surface area contributed by atoms with Crippen LogP contribution in [0.1, 0.15) is 43.8 Å². The van der Waals surface area contributed by atoms with Crippen LogP contribution in [0.15, 0.2) is 0 Å². The quantitative estimate of drug-likeness (QED) is 0.763. The van der Waals surface area contributed by atoms with E-state index in [-0.39, 0.29) is 0 Å². The fourth-order valence-electron chi connectivity index (χ4n) is 2.21. The van der Waals surface area contributed by atoms with Gasteiger partial charge < -0.3 is 5.73 Å². The minimum Gasteiger partial charge on any atom is -0.328 e. The van der Waals surface area contributed by atoms with Crippen LogP contribution >= 0.6 is 0 Å². The van der Waals surface area contributed by atoms with Crippen molar-refractivity contribution in [2.75, 3.05) is 0 Å². The molecule has 1 aliphatic carbocycles. The Balaban J connectivity index is 2.19. The normalized spacial score (nSPS) is 27.1. The molecular weight excluding hydrogens is 176 g/mol. The molecule has 4 nitrogen and oxygen atoms in total. The van der Waals surface area contributed by atoms with Crippen molar-refractivity contribution < 1.29 is 0 Å². The van der Waals surface area contributed by atoms with Gasteiger partial charge in [0.05, 0.1) is 0 Å². The number of hydrogen-bond donors (Lipinski definition) is 1. The van der Waals surface area contributed by atoms with Crippen LogP contribution in [0.2, 0.25) is 0 Å². The zero-order valence-corrected chi connectivity index (χ0v) is 8.90. The lowest BCUT2D eigenvalue weighted by atomic mass is 10.1. The highest BCUT2D eigenvalue weighted by Crippen LogP contribution is 2.32. The molecule has 1 aliphatic rings. The Morgan fingerprint density at radius 2 is 2.29 bits per heavy atom. The lowest BCUT2D eigenvalue weighted by Crippen LogP contribution is -2.15. The topological polar surface area (TPSA) is 56.7 Å². The van der Waals surface area contributed by atoms with E-state index in [1.54, 1.807) is 0 Å². The average molecular weight is 194 g/mol. The minimum absolute atomic E-state index is 0.363. The van der Waals surface area contributed by atoms with Crippen molar-refractivity contribution in [2.24, 2.45) is 12.8 Å². The summed E-state index contributed by atoms with van der Waals surface area (Å²) >= 11 is 0. The van der Waals surface area contributed by atoms with Crippen LogP contribution < -0.4 is 5.73 Å². The summed E-state index contributed by atoms with van der Waals surface area (Å²) < 4.78 is 1.92. The van der Waals surface area contributed by atoms with Crippen LogP contribution in [0.5, 0.6) is 0 Å². The number of aryl methyl sites for hydroxylation is 2. The van der Waals surface area contributed by atoms with E-state index in [1.807, 2.05) is 11.7 Å². The van der Waals surface area contributed by atoms with E-state index >= 15 is 0 Å². The molecule has 0 aromatic carbocycles. The molecule has 1 heterocycles. The Kier molecular flexibility index (Phi) is 2.54. The first kappa shape index (κ1) is 9.65. The summed E-state index contributed by atoms with van der Waals surface area (Å²) in [5, 5.41) is 4.36. The molecule has 4 heteroatoms. The predicted octanol–water partition coefficient (Wildman–Crippen LogP) is 0.972. The summed E-state index contributed by atoms with van der Waals surface area (Å²) in [5.41, 5.74) is 5.89. The lowest BCUT2D eigenvalue weighted by Gasteiger charge is -2.07. The molecular formula is C10H18N4. The maximum atomic E-state index is 5.89. The molecule has 1 saturated carbocycles. The average Bonchev–Trinajstić information content (AvgIpc) is 2.71. The molecule has 1 fully saturated rings. The van der Waals surface area contributed by atoms with Gasteiger partial charge >= 0.3 is 0 Å². The van der Waals surface area contributed by atoms with E-state index in [0.29, 0.717) is 12.0 Å². The number of rotatable bonds is 2. The second kappa shape index (κ2) is 3.69. The lowest BCUT2D eigenvalue weighted by molar-refractivity contribution is 0.591. The molecule has 78 valence electrons. The zero-order valence-electron chi connectivity index (χ0n) is 8.90. The van der Waals surface area contributed by atoms with Crippen molar-refractivity contribution in [3.8, 4) is 0 Å². The van der Waals surface area contributed by atoms with Crippen LogP contribution in [0, 0.1) is 0 Å². The standard InChI is InChI=1S/C10H18N4/c1-3-9-12-10(14(2)13-9)7-4-5-8(11)6-7/h7-8H,3-6,11H2,1-2H3. The molecule has 2 atom stereocenters. The van der Waals surface area contributed by atoms with Crippen LogP contribution in [0.3, 0.4) is 0 Å². The fourth-order valence-corrected chi connectivity index (χ4v) is 2.21. The number of hydrogen-bond acceptors (Lipinski definition) is 3. The molecule has 0 spiro atoms. The SMILES string of the molecule is CCc1nc(C2CCC(N)C2)n(C)n1. The third-order valence-corrected chi connectivity index (χ3v) is 3.00. The summed E-state index contributed by atoms with van der Waals surface area (Å²) in [7, 11) is 1.98. The van der Waals surface area contributed by atoms with Gasteiger partial charge in [0.25, 0.3) is 0 Å². The first-order valence-corrected chi connectivity index (χ1v) is 5.36. The fraction of sp³-hybridized carbons (Fsp3) is 0.800. The smallest absolute Gasteiger partial charge is 0.150 e. The molecule has 0 saturated heterocycles. The summed E-state index contributed by atoms with van der Waals surface area (Å²) in [6.07, 6.45) is 4.26. The third-order valence-electron chi connectivity index (χ3n) is 3.00. The van der Waals surface area contributed by atoms with E-state index < -0.39 is 0 Å². The molecule has 2 rings (SSSR count). The van der Waals surface area contributed by atoms with Crippen molar-refractivity contribution in [1.29, 1.82) is 0 Å². The van der Waals surface area contributed by atoms with Gasteiger partial charge in [-0.25, -0.2) is 4.98 Å². The Morgan fingerprint density at radius 3 is 2.79 bits per heavy atom. The zero-order chi connectivity index (χ0) is 10.1. The van der Waals surface area contributed by atoms with E-state index in [2.05, 4.69) is 17.0 Å². The molecule has 0 amide bonds. The molecule has 0 bridgehead atoms. The summed E-state index contributed by atoms with van der Waals surface area (Å²) in [4.78, 5) is 4.54. The maximum Gasteiger partial charge on any atom is 0.150 e. The first-order chi connectivity index (χ1) is 6.70. The highest BCUT2D eigenvalue weighted by molar-refractivity contribution is 5.03. The second-order valence-corrected chi connectivity index (χ2v) is 4.13. The van der Waals surface area contributed by atoms with Gasteiger partial charge in [0, 0.05) is 25.4 Å². The Hall–Kier alpha value is -0.900. The Labute approximate surface area is 84.5 Å². The molecule has 2 N–H and O–H groups in total. The van der Waals surface area contributed by atoms with Gasteiger partial charge in [0.1, 0.15) is 5.82 Å². The van der Waals surface area contributed by atoms with Crippen LogP contribution in [-0.4, -0.2) is 20.8 Å². The number of nitrogens with zero attached hydrogens (tertiary/aromatic N) is 3. The van der Waals surface area contributed by atoms with Gasteiger partial charge in [-0.3, -0.25) is 4.68 Å². The Morgan fingerprint density at radius 1 is 1.50 bits per heavy atom. The number of aromatic nitrogens is 3. The third kappa shape index (κ3) is 1.66. The second-order valence-electron chi connectivity index (χ2n) is 4.13. The van der Waals surface area contributed by atoms with Crippen LogP contribution in [0.25, 0.3) is 0 Å². The largest absolute Gasteiger partial charge is 0.328 e. The van der Waals surface area contributed by atoms with E-state index in [0.717, 1.165) is 37.3 Å². The molecule has 2 unspecified atom stereocenters. The summed E-state index contributed by atoms with van der Waals surface area (Å²) in [6, 6.07) is 0.363. The number of nitrogens with two attached hydrogens (primary N) is 1. The monoisotopic (exact) mass is 194 g/mol.